The lowest BCUT2D eigenvalue weighted by Crippen LogP contribution is -2.41. The van der Waals surface area contributed by atoms with Crippen molar-refractivity contribution < 1.29 is 17.6 Å². The topological polar surface area (TPSA) is 66.5 Å². The lowest BCUT2D eigenvalue weighted by molar-refractivity contribution is -0.121. The van der Waals surface area contributed by atoms with Gasteiger partial charge in [-0.2, -0.15) is 4.31 Å². The number of benzene rings is 1. The summed E-state index contributed by atoms with van der Waals surface area (Å²) >= 11 is 0. The third-order valence-corrected chi connectivity index (χ3v) is 5.00. The van der Waals surface area contributed by atoms with Gasteiger partial charge in [0.15, 0.2) is 0 Å². The summed E-state index contributed by atoms with van der Waals surface area (Å²) in [6, 6.07) is 4.77. The van der Waals surface area contributed by atoms with Crippen LogP contribution in [-0.2, 0) is 14.8 Å². The Morgan fingerprint density at radius 3 is 2.45 bits per heavy atom. The molecule has 0 atom stereocenters. The largest absolute Gasteiger partial charge is 0.352 e. The molecule has 1 aliphatic rings. The fourth-order valence-electron chi connectivity index (χ4n) is 1.78. The summed E-state index contributed by atoms with van der Waals surface area (Å²) in [5.74, 6) is -0.807. The molecule has 110 valence electrons. The molecule has 0 bridgehead atoms. The second kappa shape index (κ2) is 5.88. The summed E-state index contributed by atoms with van der Waals surface area (Å²) in [4.78, 5) is 11.7. The molecular formula is C13H17FN2O3S. The number of carbonyl (C=O) groups excluding carboxylic acids is 1. The molecule has 20 heavy (non-hydrogen) atoms. The maximum Gasteiger partial charge on any atom is 0.243 e. The van der Waals surface area contributed by atoms with Gasteiger partial charge in [0.05, 0.1) is 11.4 Å². The van der Waals surface area contributed by atoms with Crippen LogP contribution in [0.4, 0.5) is 4.39 Å². The lowest BCUT2D eigenvalue weighted by atomic mass is 10.4. The van der Waals surface area contributed by atoms with E-state index < -0.39 is 15.8 Å². The zero-order chi connectivity index (χ0) is 14.8. The molecule has 1 amide bonds. The molecule has 0 spiro atoms. The molecule has 1 aromatic carbocycles. The minimum Gasteiger partial charge on any atom is -0.352 e. The van der Waals surface area contributed by atoms with E-state index in [1.165, 1.54) is 12.1 Å². The van der Waals surface area contributed by atoms with Crippen LogP contribution in [0.25, 0.3) is 0 Å². The first-order valence-electron chi connectivity index (χ1n) is 6.48. The maximum atomic E-state index is 12.8. The predicted molar refractivity (Wildman–Crippen MR) is 72.0 cm³/mol. The molecule has 0 aromatic heterocycles. The molecule has 0 heterocycles. The minimum atomic E-state index is -3.77. The average Bonchev–Trinajstić information content (AvgIpc) is 3.20. The van der Waals surface area contributed by atoms with Crippen molar-refractivity contribution in [1.29, 1.82) is 0 Å². The van der Waals surface area contributed by atoms with Crippen LogP contribution in [0.1, 0.15) is 19.8 Å². The molecule has 1 aliphatic carbocycles. The van der Waals surface area contributed by atoms with Gasteiger partial charge in [-0.15, -0.1) is 0 Å². The van der Waals surface area contributed by atoms with Gasteiger partial charge >= 0.3 is 0 Å². The molecule has 1 fully saturated rings. The smallest absolute Gasteiger partial charge is 0.243 e. The summed E-state index contributed by atoms with van der Waals surface area (Å²) < 4.78 is 38.6. The van der Waals surface area contributed by atoms with E-state index in [-0.39, 0.29) is 29.9 Å². The zero-order valence-electron chi connectivity index (χ0n) is 11.2. The number of amides is 1. The molecular weight excluding hydrogens is 283 g/mol. The Kier molecular flexibility index (Phi) is 4.39. The second-order valence-electron chi connectivity index (χ2n) is 4.73. The van der Waals surface area contributed by atoms with Crippen LogP contribution in [-0.4, -0.2) is 37.8 Å². The van der Waals surface area contributed by atoms with Gasteiger partial charge in [0.25, 0.3) is 0 Å². The first-order chi connectivity index (χ1) is 9.43. The number of sulfonamides is 1. The van der Waals surface area contributed by atoms with Crippen molar-refractivity contribution in [2.24, 2.45) is 0 Å². The maximum absolute atomic E-state index is 12.8. The van der Waals surface area contributed by atoms with Crippen molar-refractivity contribution in [2.75, 3.05) is 13.1 Å². The summed E-state index contributed by atoms with van der Waals surface area (Å²) in [7, 11) is -3.77. The van der Waals surface area contributed by atoms with Crippen molar-refractivity contribution >= 4 is 15.9 Å². The average molecular weight is 300 g/mol. The van der Waals surface area contributed by atoms with Gasteiger partial charge in [-0.05, 0) is 37.1 Å². The highest BCUT2D eigenvalue weighted by atomic mass is 32.2. The number of hydrogen-bond acceptors (Lipinski definition) is 3. The van der Waals surface area contributed by atoms with Crippen molar-refractivity contribution in [1.82, 2.24) is 9.62 Å². The Morgan fingerprint density at radius 2 is 1.95 bits per heavy atom. The van der Waals surface area contributed by atoms with Crippen molar-refractivity contribution in [3.63, 3.8) is 0 Å². The Bertz CT molecular complexity index is 582. The van der Waals surface area contributed by atoms with E-state index in [0.717, 1.165) is 29.3 Å². The molecule has 0 radical (unpaired) electrons. The van der Waals surface area contributed by atoms with Crippen molar-refractivity contribution in [2.45, 2.75) is 30.7 Å². The third-order valence-electron chi connectivity index (χ3n) is 3.07. The first-order valence-corrected chi connectivity index (χ1v) is 7.92. The highest BCUT2D eigenvalue weighted by Crippen LogP contribution is 2.19. The van der Waals surface area contributed by atoms with Gasteiger partial charge in [0.2, 0.25) is 15.9 Å². The zero-order valence-corrected chi connectivity index (χ0v) is 12.0. The first kappa shape index (κ1) is 14.9. The van der Waals surface area contributed by atoms with Gasteiger partial charge in [0.1, 0.15) is 5.82 Å². The third kappa shape index (κ3) is 3.55. The van der Waals surface area contributed by atoms with E-state index >= 15 is 0 Å². The SMILES string of the molecule is CCN(CC(=O)NC1CC1)S(=O)(=O)c1ccc(F)cc1. The van der Waals surface area contributed by atoms with Gasteiger partial charge < -0.3 is 5.32 Å². The minimum absolute atomic E-state index is 0.0139. The Hall–Kier alpha value is -1.47. The summed E-state index contributed by atoms with van der Waals surface area (Å²) in [5, 5.41) is 2.75. The second-order valence-corrected chi connectivity index (χ2v) is 6.66. The van der Waals surface area contributed by atoms with Gasteiger partial charge in [-0.3, -0.25) is 4.79 Å². The van der Waals surface area contributed by atoms with Crippen LogP contribution in [0.3, 0.4) is 0 Å². The van der Waals surface area contributed by atoms with Crippen LogP contribution >= 0.6 is 0 Å². The fraction of sp³-hybridized carbons (Fsp3) is 0.462. The number of nitrogens with zero attached hydrogens (tertiary/aromatic N) is 1. The highest BCUT2D eigenvalue weighted by molar-refractivity contribution is 7.89. The number of likely N-dealkylation sites (N-methyl/N-ethyl adjacent to an activating group) is 1. The van der Waals surface area contributed by atoms with E-state index in [4.69, 9.17) is 0 Å². The van der Waals surface area contributed by atoms with Gasteiger partial charge in [-0.1, -0.05) is 6.92 Å². The van der Waals surface area contributed by atoms with E-state index in [0.29, 0.717) is 0 Å². The Morgan fingerprint density at radius 1 is 1.35 bits per heavy atom. The molecule has 2 rings (SSSR count). The van der Waals surface area contributed by atoms with E-state index in [9.17, 15) is 17.6 Å². The van der Waals surface area contributed by atoms with E-state index in [1.807, 2.05) is 0 Å². The Labute approximate surface area is 117 Å². The molecule has 0 saturated heterocycles. The summed E-state index contributed by atoms with van der Waals surface area (Å²) in [6.45, 7) is 1.62. The van der Waals surface area contributed by atoms with Crippen LogP contribution in [0.15, 0.2) is 29.2 Å². The van der Waals surface area contributed by atoms with Gasteiger partial charge in [-0.25, -0.2) is 12.8 Å². The molecule has 1 N–H and O–H groups in total. The number of nitrogens with one attached hydrogen (secondary N) is 1. The standard InChI is InChI=1S/C13H17FN2O3S/c1-2-16(9-13(17)15-11-5-6-11)20(18,19)12-7-3-10(14)4-8-12/h3-4,7-8,11H,2,5-6,9H2,1H3,(H,15,17). The highest BCUT2D eigenvalue weighted by Gasteiger charge is 2.28. The number of rotatable bonds is 6. The van der Waals surface area contributed by atoms with Gasteiger partial charge in [0, 0.05) is 12.6 Å². The van der Waals surface area contributed by atoms with Crippen LogP contribution < -0.4 is 5.32 Å². The molecule has 0 aliphatic heterocycles. The van der Waals surface area contributed by atoms with Crippen LogP contribution in [0, 0.1) is 5.82 Å². The number of halogens is 1. The van der Waals surface area contributed by atoms with Crippen molar-refractivity contribution in [3.8, 4) is 0 Å². The van der Waals surface area contributed by atoms with E-state index in [2.05, 4.69) is 5.32 Å². The summed E-state index contributed by atoms with van der Waals surface area (Å²) in [6.07, 6.45) is 1.89. The van der Waals surface area contributed by atoms with E-state index in [1.54, 1.807) is 6.92 Å². The monoisotopic (exact) mass is 300 g/mol. The normalized spacial score (nSPS) is 15.3. The lowest BCUT2D eigenvalue weighted by Gasteiger charge is -2.20. The quantitative estimate of drug-likeness (QED) is 0.856. The number of hydrogen-bond donors (Lipinski definition) is 1. The molecule has 5 nitrogen and oxygen atoms in total. The Balaban J connectivity index is 2.11. The number of carbonyl (C=O) groups is 1. The van der Waals surface area contributed by atoms with Crippen LogP contribution in [0.2, 0.25) is 0 Å². The fourth-order valence-corrected chi connectivity index (χ4v) is 3.19. The molecule has 1 aromatic rings. The van der Waals surface area contributed by atoms with Crippen molar-refractivity contribution in [3.05, 3.63) is 30.1 Å². The van der Waals surface area contributed by atoms with Crippen LogP contribution in [0.5, 0.6) is 0 Å². The molecule has 0 unspecified atom stereocenters. The molecule has 7 heteroatoms. The predicted octanol–water partition coefficient (Wildman–Crippen LogP) is 1.11. The summed E-state index contributed by atoms with van der Waals surface area (Å²) in [5.41, 5.74) is 0. The molecule has 1 saturated carbocycles.